The largest absolute Gasteiger partial charge is 0.361 e. The van der Waals surface area contributed by atoms with Crippen LogP contribution in [0.3, 0.4) is 0 Å². The molecule has 0 aliphatic carbocycles. The Balaban J connectivity index is 1.95. The van der Waals surface area contributed by atoms with Gasteiger partial charge in [-0.15, -0.1) is 0 Å². The highest BCUT2D eigenvalue weighted by Gasteiger charge is 2.39. The number of carbonyl (C=O) groups excluding carboxylic acids is 2. The van der Waals surface area contributed by atoms with Gasteiger partial charge in [-0.1, -0.05) is 63.1 Å². The number of para-hydroxylation sites is 1. The van der Waals surface area contributed by atoms with Crippen LogP contribution in [-0.2, 0) is 16.0 Å². The lowest BCUT2D eigenvalue weighted by molar-refractivity contribution is -0.141. The number of carbonyl (C=O) groups is 2. The van der Waals surface area contributed by atoms with E-state index in [1.165, 1.54) is 0 Å². The number of nitrogens with zero attached hydrogens (tertiary/aromatic N) is 1. The van der Waals surface area contributed by atoms with Gasteiger partial charge in [-0.3, -0.25) is 9.59 Å². The van der Waals surface area contributed by atoms with Gasteiger partial charge in [0, 0.05) is 40.7 Å². The summed E-state index contributed by atoms with van der Waals surface area (Å²) in [6.45, 7) is 12.2. The van der Waals surface area contributed by atoms with Gasteiger partial charge in [0.25, 0.3) is 5.91 Å². The maximum atomic E-state index is 13.5. The molecule has 1 heterocycles. The molecular formula is C29H35N3O2. The third-order valence-electron chi connectivity index (χ3n) is 5.52. The Morgan fingerprint density at radius 1 is 0.971 bits per heavy atom. The van der Waals surface area contributed by atoms with Crippen molar-refractivity contribution in [3.63, 3.8) is 0 Å². The molecule has 0 aliphatic rings. The minimum atomic E-state index is -0.672. The second-order valence-corrected chi connectivity index (χ2v) is 10.7. The summed E-state index contributed by atoms with van der Waals surface area (Å²) >= 11 is 0. The summed E-state index contributed by atoms with van der Waals surface area (Å²) in [5.41, 5.74) is 2.02. The summed E-state index contributed by atoms with van der Waals surface area (Å²) in [5, 5.41) is 4.19. The monoisotopic (exact) mass is 457 g/mol. The van der Waals surface area contributed by atoms with Gasteiger partial charge >= 0.3 is 0 Å². The molecule has 2 N–H and O–H groups in total. The summed E-state index contributed by atoms with van der Waals surface area (Å²) in [6.07, 6.45) is 2.59. The number of amides is 2. The van der Waals surface area contributed by atoms with Crippen LogP contribution in [-0.4, -0.2) is 39.8 Å². The molecule has 1 aromatic heterocycles. The van der Waals surface area contributed by atoms with E-state index in [-0.39, 0.29) is 11.8 Å². The highest BCUT2D eigenvalue weighted by molar-refractivity contribution is 5.98. The third-order valence-corrected chi connectivity index (χ3v) is 5.52. The molecule has 0 radical (unpaired) electrons. The first-order chi connectivity index (χ1) is 16.0. The van der Waals surface area contributed by atoms with Crippen LogP contribution in [0.2, 0.25) is 0 Å². The van der Waals surface area contributed by atoms with E-state index in [4.69, 9.17) is 0 Å². The topological polar surface area (TPSA) is 65.2 Å². The number of aromatic nitrogens is 1. The SMILES string of the molecule is CC(C)(C)NC(=O)C(N(CCc1c[nH]c2ccccc12)C(=O)C#Cc1ccccc1)C(C)(C)C. The van der Waals surface area contributed by atoms with Crippen molar-refractivity contribution in [2.75, 3.05) is 6.54 Å². The molecule has 3 rings (SSSR count). The number of hydrogen-bond acceptors (Lipinski definition) is 2. The molecule has 0 saturated carbocycles. The molecule has 1 unspecified atom stereocenters. The number of aromatic amines is 1. The van der Waals surface area contributed by atoms with Crippen molar-refractivity contribution in [2.24, 2.45) is 5.41 Å². The molecule has 0 fully saturated rings. The van der Waals surface area contributed by atoms with Crippen LogP contribution < -0.4 is 5.32 Å². The highest BCUT2D eigenvalue weighted by Crippen LogP contribution is 2.27. The minimum Gasteiger partial charge on any atom is -0.361 e. The Morgan fingerprint density at radius 3 is 2.26 bits per heavy atom. The number of benzene rings is 2. The normalized spacial score (nSPS) is 12.5. The molecule has 2 amide bonds. The van der Waals surface area contributed by atoms with Gasteiger partial charge in [0.15, 0.2) is 0 Å². The molecule has 178 valence electrons. The predicted octanol–water partition coefficient (Wildman–Crippen LogP) is 4.92. The van der Waals surface area contributed by atoms with Gasteiger partial charge in [0.2, 0.25) is 5.91 Å². The van der Waals surface area contributed by atoms with Gasteiger partial charge in [0.05, 0.1) is 0 Å². The summed E-state index contributed by atoms with van der Waals surface area (Å²) in [7, 11) is 0. The van der Waals surface area contributed by atoms with E-state index >= 15 is 0 Å². The number of rotatable bonds is 5. The fourth-order valence-electron chi connectivity index (χ4n) is 4.09. The summed E-state index contributed by atoms with van der Waals surface area (Å²) in [6, 6.07) is 16.8. The maximum Gasteiger partial charge on any atom is 0.299 e. The van der Waals surface area contributed by atoms with E-state index in [1.807, 2.05) is 96.3 Å². The quantitative estimate of drug-likeness (QED) is 0.534. The number of fused-ring (bicyclic) bond motifs is 1. The van der Waals surface area contributed by atoms with E-state index in [1.54, 1.807) is 4.90 Å². The summed E-state index contributed by atoms with van der Waals surface area (Å²) in [5.74, 6) is 5.22. The van der Waals surface area contributed by atoms with Crippen molar-refractivity contribution in [1.82, 2.24) is 15.2 Å². The van der Waals surface area contributed by atoms with Gasteiger partial charge in [-0.2, -0.15) is 0 Å². The second-order valence-electron chi connectivity index (χ2n) is 10.7. The van der Waals surface area contributed by atoms with Crippen molar-refractivity contribution in [3.8, 4) is 11.8 Å². The van der Waals surface area contributed by atoms with Crippen molar-refractivity contribution >= 4 is 22.7 Å². The smallest absolute Gasteiger partial charge is 0.299 e. The van der Waals surface area contributed by atoms with Gasteiger partial charge < -0.3 is 15.2 Å². The fraction of sp³-hybridized carbons (Fsp3) is 0.379. The van der Waals surface area contributed by atoms with Crippen LogP contribution in [0, 0.1) is 17.3 Å². The van der Waals surface area contributed by atoms with Gasteiger partial charge in [-0.05, 0) is 56.4 Å². The zero-order chi connectivity index (χ0) is 24.9. The molecule has 0 saturated heterocycles. The first-order valence-corrected chi connectivity index (χ1v) is 11.7. The fourth-order valence-corrected chi connectivity index (χ4v) is 4.09. The minimum absolute atomic E-state index is 0.172. The van der Waals surface area contributed by atoms with E-state index < -0.39 is 17.0 Å². The van der Waals surface area contributed by atoms with E-state index in [0.717, 1.165) is 22.0 Å². The van der Waals surface area contributed by atoms with E-state index in [0.29, 0.717) is 13.0 Å². The molecule has 5 heteroatoms. The average molecular weight is 458 g/mol. The highest BCUT2D eigenvalue weighted by atomic mass is 16.2. The van der Waals surface area contributed by atoms with Crippen LogP contribution in [0.4, 0.5) is 0 Å². The average Bonchev–Trinajstić information content (AvgIpc) is 3.16. The Morgan fingerprint density at radius 2 is 1.62 bits per heavy atom. The van der Waals surface area contributed by atoms with E-state index in [9.17, 15) is 9.59 Å². The Labute approximate surface area is 202 Å². The van der Waals surface area contributed by atoms with Crippen molar-refractivity contribution in [1.29, 1.82) is 0 Å². The van der Waals surface area contributed by atoms with Crippen LogP contribution in [0.5, 0.6) is 0 Å². The molecule has 5 nitrogen and oxygen atoms in total. The van der Waals surface area contributed by atoms with Gasteiger partial charge in [0.1, 0.15) is 6.04 Å². The first kappa shape index (κ1) is 25.1. The molecule has 34 heavy (non-hydrogen) atoms. The molecule has 1 atom stereocenters. The summed E-state index contributed by atoms with van der Waals surface area (Å²) in [4.78, 5) is 31.8. The third kappa shape index (κ3) is 6.51. The number of hydrogen-bond donors (Lipinski definition) is 2. The van der Waals surface area contributed by atoms with Crippen LogP contribution >= 0.6 is 0 Å². The Bertz CT molecular complexity index is 1200. The molecule has 0 spiro atoms. The van der Waals surface area contributed by atoms with Crippen LogP contribution in [0.15, 0.2) is 60.8 Å². The standard InChI is InChI=1S/C29H35N3O2/c1-28(2,3)26(27(34)31-29(4,5)6)32(25(33)17-16-21-12-8-7-9-13-21)19-18-22-20-30-24-15-11-10-14-23(22)24/h7-15,20,26,30H,18-19H2,1-6H3,(H,31,34). The lowest BCUT2D eigenvalue weighted by Crippen LogP contribution is -2.58. The maximum absolute atomic E-state index is 13.5. The predicted molar refractivity (Wildman–Crippen MR) is 138 cm³/mol. The lowest BCUT2D eigenvalue weighted by atomic mass is 9.84. The summed E-state index contributed by atoms with van der Waals surface area (Å²) < 4.78 is 0. The lowest BCUT2D eigenvalue weighted by Gasteiger charge is -2.39. The molecule has 2 aromatic carbocycles. The molecule has 0 bridgehead atoms. The zero-order valence-corrected chi connectivity index (χ0v) is 21.0. The number of H-pyrrole nitrogens is 1. The zero-order valence-electron chi connectivity index (χ0n) is 21.0. The van der Waals surface area contributed by atoms with Crippen molar-refractivity contribution in [2.45, 2.75) is 59.5 Å². The van der Waals surface area contributed by atoms with Crippen LogP contribution in [0.1, 0.15) is 52.7 Å². The van der Waals surface area contributed by atoms with E-state index in [2.05, 4.69) is 28.2 Å². The first-order valence-electron chi connectivity index (χ1n) is 11.7. The number of nitrogens with one attached hydrogen (secondary N) is 2. The molecular weight excluding hydrogens is 422 g/mol. The van der Waals surface area contributed by atoms with Crippen LogP contribution in [0.25, 0.3) is 10.9 Å². The second kappa shape index (κ2) is 10.2. The molecule has 3 aromatic rings. The van der Waals surface area contributed by atoms with Crippen molar-refractivity contribution in [3.05, 3.63) is 71.9 Å². The van der Waals surface area contributed by atoms with Gasteiger partial charge in [-0.25, -0.2) is 0 Å². The Hall–Kier alpha value is -3.52. The molecule has 0 aliphatic heterocycles. The van der Waals surface area contributed by atoms with Crippen molar-refractivity contribution < 1.29 is 9.59 Å². The Kier molecular flexibility index (Phi) is 7.51.